The molecule has 0 aliphatic carbocycles. The monoisotopic (exact) mass is 412 g/mol. The third-order valence-electron chi connectivity index (χ3n) is 3.89. The lowest BCUT2D eigenvalue weighted by atomic mass is 10.1. The first-order chi connectivity index (χ1) is 13.1. The van der Waals surface area contributed by atoms with E-state index >= 15 is 0 Å². The second-order valence-electron chi connectivity index (χ2n) is 5.76. The van der Waals surface area contributed by atoms with Crippen LogP contribution in [0.4, 0.5) is 5.69 Å². The van der Waals surface area contributed by atoms with Crippen LogP contribution >= 0.6 is 34.5 Å². The summed E-state index contributed by atoms with van der Waals surface area (Å²) in [5.74, 6) is -0.173. The zero-order chi connectivity index (χ0) is 18.8. The Hall–Kier alpha value is -2.61. The number of benzene rings is 2. The van der Waals surface area contributed by atoms with Gasteiger partial charge < -0.3 is 5.32 Å². The first-order valence-electron chi connectivity index (χ1n) is 8.02. The zero-order valence-electron chi connectivity index (χ0n) is 14.1. The summed E-state index contributed by atoms with van der Waals surface area (Å²) in [5.41, 5.74) is 4.14. The molecule has 0 aliphatic rings. The van der Waals surface area contributed by atoms with E-state index in [0.717, 1.165) is 21.8 Å². The molecule has 0 unspecified atom stereocenters. The number of hydrogen-bond acceptors (Lipinski definition) is 6. The first-order valence-corrected chi connectivity index (χ1v) is 10.1. The lowest BCUT2D eigenvalue weighted by molar-refractivity contribution is 0.103. The molecule has 8 heteroatoms. The van der Waals surface area contributed by atoms with E-state index in [-0.39, 0.29) is 5.91 Å². The van der Waals surface area contributed by atoms with Gasteiger partial charge in [0.1, 0.15) is 15.6 Å². The quantitative estimate of drug-likeness (QED) is 0.477. The van der Waals surface area contributed by atoms with Crippen LogP contribution in [-0.2, 0) is 0 Å². The van der Waals surface area contributed by atoms with Gasteiger partial charge in [0.05, 0.1) is 5.69 Å². The summed E-state index contributed by atoms with van der Waals surface area (Å²) in [5, 5.41) is 10.3. The van der Waals surface area contributed by atoms with Crippen LogP contribution in [0.5, 0.6) is 0 Å². The average molecular weight is 413 g/mol. The topological polar surface area (TPSA) is 67.8 Å². The van der Waals surface area contributed by atoms with Gasteiger partial charge in [0, 0.05) is 27.2 Å². The maximum atomic E-state index is 12.7. The molecule has 0 fully saturated rings. The molecule has 2 aromatic heterocycles. The van der Waals surface area contributed by atoms with E-state index in [1.54, 1.807) is 0 Å². The summed E-state index contributed by atoms with van der Waals surface area (Å²) < 4.78 is 3.86. The Kier molecular flexibility index (Phi) is 4.98. The number of carbonyl (C=O) groups excluding carboxylic acids is 1. The van der Waals surface area contributed by atoms with Crippen LogP contribution in [0, 0.1) is 6.92 Å². The summed E-state index contributed by atoms with van der Waals surface area (Å²) in [4.78, 5) is 17.8. The van der Waals surface area contributed by atoms with Crippen LogP contribution in [0.1, 0.15) is 15.4 Å². The molecule has 4 rings (SSSR count). The summed E-state index contributed by atoms with van der Waals surface area (Å²) >= 11 is 8.60. The normalized spacial score (nSPS) is 10.7. The number of carbonyl (C=O) groups is 1. The van der Waals surface area contributed by atoms with Crippen LogP contribution in [0.15, 0.2) is 53.9 Å². The van der Waals surface area contributed by atoms with E-state index in [1.807, 2.05) is 60.8 Å². The molecule has 27 heavy (non-hydrogen) atoms. The van der Waals surface area contributed by atoms with Crippen LogP contribution < -0.4 is 5.32 Å². The van der Waals surface area contributed by atoms with Crippen LogP contribution in [0.3, 0.4) is 0 Å². The van der Waals surface area contributed by atoms with Crippen LogP contribution in [0.25, 0.3) is 21.8 Å². The smallest absolute Gasteiger partial charge is 0.267 e. The van der Waals surface area contributed by atoms with Crippen molar-refractivity contribution in [2.45, 2.75) is 6.92 Å². The number of halogens is 1. The number of thiazole rings is 1. The molecule has 4 aromatic rings. The lowest BCUT2D eigenvalue weighted by Crippen LogP contribution is -2.11. The summed E-state index contributed by atoms with van der Waals surface area (Å²) in [6.07, 6.45) is 0. The first kappa shape index (κ1) is 17.8. The van der Waals surface area contributed by atoms with Crippen molar-refractivity contribution in [2.24, 2.45) is 0 Å². The fourth-order valence-corrected chi connectivity index (χ4v) is 4.08. The molecule has 2 aromatic carbocycles. The molecule has 0 atom stereocenters. The van der Waals surface area contributed by atoms with Gasteiger partial charge in [-0.15, -0.1) is 16.4 Å². The molecule has 5 nitrogen and oxygen atoms in total. The van der Waals surface area contributed by atoms with Gasteiger partial charge in [-0.2, -0.15) is 0 Å². The molecule has 0 aliphatic heterocycles. The van der Waals surface area contributed by atoms with E-state index in [9.17, 15) is 4.79 Å². The molecular weight excluding hydrogens is 400 g/mol. The maximum absolute atomic E-state index is 12.7. The van der Waals surface area contributed by atoms with Crippen LogP contribution in [-0.4, -0.2) is 20.5 Å². The molecule has 0 radical (unpaired) electrons. The highest BCUT2D eigenvalue weighted by Crippen LogP contribution is 2.29. The predicted octanol–water partition coefficient (Wildman–Crippen LogP) is 5.54. The minimum absolute atomic E-state index is 0.173. The van der Waals surface area contributed by atoms with Gasteiger partial charge >= 0.3 is 0 Å². The fourth-order valence-electron chi connectivity index (χ4n) is 2.53. The van der Waals surface area contributed by atoms with Crippen LogP contribution in [0.2, 0.25) is 5.02 Å². The minimum atomic E-state index is -0.173. The number of aryl methyl sites for hydroxylation is 1. The summed E-state index contributed by atoms with van der Waals surface area (Å²) in [7, 11) is 0. The molecular formula is C19H13ClN4OS2. The van der Waals surface area contributed by atoms with Crippen molar-refractivity contribution in [1.82, 2.24) is 14.6 Å². The standard InChI is InChI=1S/C19H13ClN4OS2/c1-11-17(27-19(21-11)13-2-6-14(20)7-3-13)18(25)22-15-8-4-12(5-9-15)16-10-26-24-23-16/h2-10H,1H3,(H,22,25). The lowest BCUT2D eigenvalue weighted by Gasteiger charge is -2.04. The van der Waals surface area contributed by atoms with E-state index < -0.39 is 0 Å². The summed E-state index contributed by atoms with van der Waals surface area (Å²) in [6, 6.07) is 14.9. The second kappa shape index (κ2) is 7.56. The summed E-state index contributed by atoms with van der Waals surface area (Å²) in [6.45, 7) is 1.84. The number of nitrogens with one attached hydrogen (secondary N) is 1. The number of anilines is 1. The number of aromatic nitrogens is 3. The van der Waals surface area contributed by atoms with Gasteiger partial charge in [-0.05, 0) is 42.7 Å². The average Bonchev–Trinajstić information content (AvgIpc) is 3.33. The van der Waals surface area contributed by atoms with E-state index in [0.29, 0.717) is 21.3 Å². The van der Waals surface area contributed by atoms with Gasteiger partial charge in [-0.1, -0.05) is 40.4 Å². The molecule has 1 amide bonds. The SMILES string of the molecule is Cc1nc(-c2ccc(Cl)cc2)sc1C(=O)Nc1ccc(-c2csnn2)cc1. The Balaban J connectivity index is 1.52. The Morgan fingerprint density at radius 3 is 2.41 bits per heavy atom. The molecule has 0 saturated heterocycles. The van der Waals surface area contributed by atoms with Gasteiger partial charge in [-0.3, -0.25) is 4.79 Å². The molecule has 134 valence electrons. The highest BCUT2D eigenvalue weighted by molar-refractivity contribution is 7.17. The Morgan fingerprint density at radius 1 is 1.04 bits per heavy atom. The van der Waals surface area contributed by atoms with Gasteiger partial charge in [-0.25, -0.2) is 4.98 Å². The van der Waals surface area contributed by atoms with Crippen molar-refractivity contribution in [3.05, 3.63) is 69.5 Å². The largest absolute Gasteiger partial charge is 0.321 e. The predicted molar refractivity (Wildman–Crippen MR) is 111 cm³/mol. The van der Waals surface area contributed by atoms with Gasteiger partial charge in [0.25, 0.3) is 5.91 Å². The molecule has 0 bridgehead atoms. The Bertz CT molecular complexity index is 1070. The Labute approximate surface area is 168 Å². The number of nitrogens with zero attached hydrogens (tertiary/aromatic N) is 3. The number of rotatable bonds is 4. The van der Waals surface area contributed by atoms with E-state index in [2.05, 4.69) is 19.9 Å². The van der Waals surface area contributed by atoms with Crippen molar-refractivity contribution in [2.75, 3.05) is 5.32 Å². The van der Waals surface area contributed by atoms with E-state index in [1.165, 1.54) is 22.9 Å². The maximum Gasteiger partial charge on any atom is 0.267 e. The van der Waals surface area contributed by atoms with Gasteiger partial charge in [0.15, 0.2) is 0 Å². The highest BCUT2D eigenvalue weighted by atomic mass is 35.5. The highest BCUT2D eigenvalue weighted by Gasteiger charge is 2.16. The number of hydrogen-bond donors (Lipinski definition) is 1. The third kappa shape index (κ3) is 3.90. The molecule has 0 spiro atoms. The molecule has 1 N–H and O–H groups in total. The molecule has 2 heterocycles. The van der Waals surface area contributed by atoms with Crippen molar-refractivity contribution in [1.29, 1.82) is 0 Å². The fraction of sp³-hybridized carbons (Fsp3) is 0.0526. The molecule has 0 saturated carbocycles. The van der Waals surface area contributed by atoms with Crippen molar-refractivity contribution in [3.8, 4) is 21.8 Å². The second-order valence-corrected chi connectivity index (χ2v) is 7.81. The van der Waals surface area contributed by atoms with Crippen molar-refractivity contribution < 1.29 is 4.79 Å². The minimum Gasteiger partial charge on any atom is -0.321 e. The Morgan fingerprint density at radius 2 is 1.74 bits per heavy atom. The third-order valence-corrected chi connectivity index (χ3v) is 5.85. The zero-order valence-corrected chi connectivity index (χ0v) is 16.5. The van der Waals surface area contributed by atoms with Crippen molar-refractivity contribution >= 4 is 46.1 Å². The van der Waals surface area contributed by atoms with Gasteiger partial charge in [0.2, 0.25) is 0 Å². The van der Waals surface area contributed by atoms with Crippen molar-refractivity contribution in [3.63, 3.8) is 0 Å². The van der Waals surface area contributed by atoms with E-state index in [4.69, 9.17) is 11.6 Å². The number of amides is 1.